The molecule has 0 spiro atoms. The molecule has 0 aromatic carbocycles. The van der Waals surface area contributed by atoms with Crippen LogP contribution in [0.25, 0.3) is 0 Å². The van der Waals surface area contributed by atoms with Crippen LogP contribution in [0.5, 0.6) is 0 Å². The zero-order valence-electron chi connectivity index (χ0n) is 31.2. The molecule has 0 unspecified atom stereocenters. The number of fused-ring (bicyclic) bond motifs is 7. The van der Waals surface area contributed by atoms with Gasteiger partial charge in [-0.2, -0.15) is 0 Å². The summed E-state index contributed by atoms with van der Waals surface area (Å²) in [5, 5.41) is 0. The minimum Gasteiger partial charge on any atom is -0.382 e. The zero-order chi connectivity index (χ0) is 32.8. The van der Waals surface area contributed by atoms with Crippen LogP contribution in [0.4, 0.5) is 0 Å². The van der Waals surface area contributed by atoms with Gasteiger partial charge < -0.3 is 14.4 Å². The fraction of sp³-hybridized carbons (Fsp3) is 0.976. The van der Waals surface area contributed by atoms with Gasteiger partial charge in [0.25, 0.3) is 0 Å². The molecule has 1 aliphatic heterocycles. The summed E-state index contributed by atoms with van der Waals surface area (Å²) >= 11 is 0. The molecule has 6 saturated carbocycles. The molecule has 0 bridgehead atoms. The molecule has 5 nitrogen and oxygen atoms in total. The van der Waals surface area contributed by atoms with Gasteiger partial charge in [-0.3, -0.25) is 9.69 Å². The number of carbonyl (C=O) groups excluding carboxylic acids is 1. The van der Waals surface area contributed by atoms with Crippen LogP contribution in [0.3, 0.4) is 0 Å². The summed E-state index contributed by atoms with van der Waals surface area (Å²) in [6, 6.07) is 0. The molecule has 10 atom stereocenters. The first kappa shape index (κ1) is 33.8. The summed E-state index contributed by atoms with van der Waals surface area (Å²) < 4.78 is 10.9. The van der Waals surface area contributed by atoms with Crippen LogP contribution in [-0.4, -0.2) is 75.4 Å². The number of nitrogens with zero attached hydrogens (tertiary/aromatic N) is 2. The fourth-order valence-corrected chi connectivity index (χ4v) is 14.4. The summed E-state index contributed by atoms with van der Waals surface area (Å²) in [6.07, 6.45) is 16.1. The summed E-state index contributed by atoms with van der Waals surface area (Å²) in [7, 11) is 1.72. The topological polar surface area (TPSA) is 42.0 Å². The Morgan fingerprint density at radius 3 is 2.13 bits per heavy atom. The van der Waals surface area contributed by atoms with E-state index in [9.17, 15) is 0 Å². The highest BCUT2D eigenvalue weighted by molar-refractivity contribution is 5.84. The predicted octanol–water partition coefficient (Wildman–Crippen LogP) is 8.31. The van der Waals surface area contributed by atoms with E-state index < -0.39 is 0 Å². The van der Waals surface area contributed by atoms with E-state index in [0.717, 1.165) is 75.8 Å². The van der Waals surface area contributed by atoms with Gasteiger partial charge in [0.2, 0.25) is 5.91 Å². The van der Waals surface area contributed by atoms with E-state index in [0.29, 0.717) is 58.0 Å². The smallest absolute Gasteiger partial charge is 0.229 e. The SMILES string of the molecule is COCCOCCN1CCN(C(=O)[C@]23CC[C@@H](C4(C)CC4)[C@@H]2[C@H]2CC[C@@H]4[C@@]5(C)CC[C@H](C)C(C)(C)[C@@H]5CC[C@@]4(C)[C@]2(C)CC3)CC1. The molecule has 1 heterocycles. The number of hydrogen-bond acceptors (Lipinski definition) is 4. The van der Waals surface area contributed by atoms with E-state index in [1.54, 1.807) is 7.11 Å². The van der Waals surface area contributed by atoms with Crippen molar-refractivity contribution in [2.45, 2.75) is 126 Å². The molecule has 1 amide bonds. The van der Waals surface area contributed by atoms with Crippen LogP contribution in [0.2, 0.25) is 0 Å². The predicted molar refractivity (Wildman–Crippen MR) is 186 cm³/mol. The van der Waals surface area contributed by atoms with Gasteiger partial charge in [-0.25, -0.2) is 0 Å². The summed E-state index contributed by atoms with van der Waals surface area (Å²) in [5.41, 5.74) is 2.02. The highest BCUT2D eigenvalue weighted by Crippen LogP contribution is 2.79. The van der Waals surface area contributed by atoms with Crippen molar-refractivity contribution in [2.24, 2.45) is 68.0 Å². The number of piperazine rings is 1. The van der Waals surface area contributed by atoms with Gasteiger partial charge in [-0.05, 0) is 140 Å². The van der Waals surface area contributed by atoms with Crippen LogP contribution in [0, 0.1) is 68.0 Å². The standard InChI is InChI=1S/C41H70N2O3/c1-29-11-14-38(5)32(36(29,2)3)13-15-40(7)33(38)10-9-31-34-30(37(4)17-18-37)12-16-41(34,20-19-39(31,40)6)35(44)43-23-21-42(22-24-43)25-26-46-28-27-45-8/h29-34H,9-28H2,1-8H3/t29-,30+,31+,32-,33+,34+,38-,39+,40+,41-/m0/s1. The molecule has 0 radical (unpaired) electrons. The third-order valence-corrected chi connectivity index (χ3v) is 18.0. The van der Waals surface area contributed by atoms with Crippen molar-refractivity contribution in [3.05, 3.63) is 0 Å². The Labute approximate surface area is 282 Å². The third kappa shape index (κ3) is 4.87. The second kappa shape index (κ2) is 11.7. The number of amides is 1. The Morgan fingerprint density at radius 1 is 0.696 bits per heavy atom. The minimum absolute atomic E-state index is 0.113. The Balaban J connectivity index is 1.13. The van der Waals surface area contributed by atoms with Gasteiger partial charge in [-0.1, -0.05) is 48.5 Å². The quantitative estimate of drug-likeness (QED) is 0.251. The molecule has 5 heteroatoms. The van der Waals surface area contributed by atoms with Crippen molar-refractivity contribution in [3.8, 4) is 0 Å². The highest BCUT2D eigenvalue weighted by Gasteiger charge is 2.73. The van der Waals surface area contributed by atoms with Crippen LogP contribution in [0.1, 0.15) is 126 Å². The lowest BCUT2D eigenvalue weighted by Gasteiger charge is -2.73. The molecular formula is C41H70N2O3. The van der Waals surface area contributed by atoms with Gasteiger partial charge in [-0.15, -0.1) is 0 Å². The summed E-state index contributed by atoms with van der Waals surface area (Å²) in [6.45, 7) is 25.5. The van der Waals surface area contributed by atoms with Gasteiger partial charge >= 0.3 is 0 Å². The van der Waals surface area contributed by atoms with Gasteiger partial charge in [0.15, 0.2) is 0 Å². The van der Waals surface area contributed by atoms with Crippen molar-refractivity contribution in [1.82, 2.24) is 9.80 Å². The molecule has 7 aliphatic rings. The fourth-order valence-electron chi connectivity index (χ4n) is 14.4. The van der Waals surface area contributed by atoms with E-state index in [1.165, 1.54) is 64.2 Å². The largest absolute Gasteiger partial charge is 0.382 e. The van der Waals surface area contributed by atoms with Crippen molar-refractivity contribution < 1.29 is 14.3 Å². The maximum Gasteiger partial charge on any atom is 0.229 e. The first-order valence-electron chi connectivity index (χ1n) is 19.9. The molecule has 0 aromatic heterocycles. The van der Waals surface area contributed by atoms with Crippen LogP contribution >= 0.6 is 0 Å². The van der Waals surface area contributed by atoms with Crippen molar-refractivity contribution in [2.75, 3.05) is 59.7 Å². The number of carbonyl (C=O) groups is 1. The molecular weight excluding hydrogens is 568 g/mol. The molecule has 7 rings (SSSR count). The number of hydrogen-bond donors (Lipinski definition) is 0. The lowest BCUT2D eigenvalue weighted by Crippen LogP contribution is -2.67. The average Bonchev–Trinajstić information content (AvgIpc) is 3.64. The molecule has 46 heavy (non-hydrogen) atoms. The van der Waals surface area contributed by atoms with Crippen molar-refractivity contribution in [3.63, 3.8) is 0 Å². The summed E-state index contributed by atoms with van der Waals surface area (Å²) in [4.78, 5) is 19.9. The lowest BCUT2D eigenvalue weighted by atomic mass is 9.32. The Kier molecular flexibility index (Phi) is 8.61. The maximum atomic E-state index is 15.0. The van der Waals surface area contributed by atoms with E-state index in [4.69, 9.17) is 9.47 Å². The molecule has 262 valence electrons. The van der Waals surface area contributed by atoms with Gasteiger partial charge in [0.05, 0.1) is 25.2 Å². The van der Waals surface area contributed by atoms with Crippen molar-refractivity contribution >= 4 is 5.91 Å². The van der Waals surface area contributed by atoms with E-state index in [1.807, 2.05) is 0 Å². The zero-order valence-corrected chi connectivity index (χ0v) is 31.2. The minimum atomic E-state index is -0.113. The monoisotopic (exact) mass is 639 g/mol. The molecule has 6 aliphatic carbocycles. The van der Waals surface area contributed by atoms with Crippen molar-refractivity contribution in [1.29, 1.82) is 0 Å². The third-order valence-electron chi connectivity index (χ3n) is 18.0. The first-order valence-corrected chi connectivity index (χ1v) is 19.9. The molecule has 7 fully saturated rings. The van der Waals surface area contributed by atoms with Crippen LogP contribution < -0.4 is 0 Å². The molecule has 0 N–H and O–H groups in total. The number of methoxy groups -OCH3 is 1. The van der Waals surface area contributed by atoms with Gasteiger partial charge in [0, 0.05) is 39.8 Å². The summed E-state index contributed by atoms with van der Waals surface area (Å²) in [5.74, 6) is 5.12. The normalized spacial score (nSPS) is 47.8. The number of ether oxygens (including phenoxy) is 2. The van der Waals surface area contributed by atoms with Gasteiger partial charge in [0.1, 0.15) is 0 Å². The molecule has 1 saturated heterocycles. The second-order valence-corrected chi connectivity index (χ2v) is 19.6. The van der Waals surface area contributed by atoms with E-state index in [2.05, 4.69) is 58.3 Å². The highest BCUT2D eigenvalue weighted by atomic mass is 16.5. The van der Waals surface area contributed by atoms with E-state index in [-0.39, 0.29) is 5.41 Å². The lowest BCUT2D eigenvalue weighted by molar-refractivity contribution is -0.244. The Morgan fingerprint density at radius 2 is 1.43 bits per heavy atom. The van der Waals surface area contributed by atoms with Crippen LogP contribution in [0.15, 0.2) is 0 Å². The Hall–Kier alpha value is -0.650. The Bertz CT molecular complexity index is 1140. The average molecular weight is 639 g/mol. The van der Waals surface area contributed by atoms with E-state index >= 15 is 4.79 Å². The molecule has 0 aromatic rings. The second-order valence-electron chi connectivity index (χ2n) is 19.6. The first-order chi connectivity index (χ1) is 21.8. The number of rotatable bonds is 8. The maximum absolute atomic E-state index is 15.0. The van der Waals surface area contributed by atoms with Crippen LogP contribution in [-0.2, 0) is 14.3 Å².